The van der Waals surface area contributed by atoms with Gasteiger partial charge in [0.15, 0.2) is 0 Å². The van der Waals surface area contributed by atoms with Crippen LogP contribution in [0, 0.1) is 0 Å². The molecule has 19 heteroatoms. The molecular formula is C32H22BrF17Ge. The minimum atomic E-state index is -8.65. The van der Waals surface area contributed by atoms with Crippen molar-refractivity contribution in [2.24, 2.45) is 0 Å². The Balaban J connectivity index is 1.70. The maximum atomic E-state index is 15.0. The molecule has 0 aliphatic carbocycles. The first-order valence-corrected chi connectivity index (χ1v) is 23.8. The van der Waals surface area contributed by atoms with Gasteiger partial charge in [0.1, 0.15) is 0 Å². The van der Waals surface area contributed by atoms with Crippen LogP contribution in [0.25, 0.3) is 21.5 Å². The molecule has 4 rings (SSSR count). The summed E-state index contributed by atoms with van der Waals surface area (Å²) in [5, 5.41) is 1.31. The zero-order chi connectivity index (χ0) is 38.7. The molecule has 0 N–H and O–H groups in total. The van der Waals surface area contributed by atoms with E-state index in [0.717, 1.165) is 10.8 Å². The summed E-state index contributed by atoms with van der Waals surface area (Å²) in [6.45, 7) is 0. The predicted octanol–water partition coefficient (Wildman–Crippen LogP) is 12.6. The Morgan fingerprint density at radius 1 is 0.412 bits per heavy atom. The standard InChI is InChI=1S/C32H22BrF17Ge/c33-51(17-19-9-11-21-5-1-3-7-23(21)15-19,18-20-10-12-22-6-2-4-8-24(22)16-20)14-13-25(34,35)26(36,37)27(38,39)28(40,41)29(42,43)30(44,45)31(46,47)32(48,49)50/h1-12,15-16H,13-14,17-18H2. The molecule has 0 aliphatic rings. The van der Waals surface area contributed by atoms with Crippen LogP contribution in [0.5, 0.6) is 0 Å². The monoisotopic (exact) mass is 882 g/mol. The first-order chi connectivity index (χ1) is 23.0. The van der Waals surface area contributed by atoms with Crippen molar-refractivity contribution in [2.45, 2.75) is 69.8 Å². The molecule has 0 atom stereocenters. The Bertz CT molecular complexity index is 1790. The molecule has 0 heterocycles. The van der Waals surface area contributed by atoms with E-state index in [9.17, 15) is 65.9 Å². The van der Waals surface area contributed by atoms with Crippen LogP contribution in [-0.2, 0) is 10.5 Å². The van der Waals surface area contributed by atoms with Gasteiger partial charge in [0, 0.05) is 0 Å². The summed E-state index contributed by atoms with van der Waals surface area (Å²) in [6, 6.07) is 23.1. The number of benzene rings is 4. The summed E-state index contributed by atoms with van der Waals surface area (Å²) in [5.41, 5.74) is 0.872. The summed E-state index contributed by atoms with van der Waals surface area (Å²) < 4.78 is 236. The third kappa shape index (κ3) is 7.03. The fraction of sp³-hybridized carbons (Fsp3) is 0.375. The predicted molar refractivity (Wildman–Crippen MR) is 160 cm³/mol. The fourth-order valence-electron chi connectivity index (χ4n) is 5.40. The van der Waals surface area contributed by atoms with E-state index in [-0.39, 0.29) is 10.5 Å². The normalized spacial score (nSPS) is 14.8. The van der Waals surface area contributed by atoms with Crippen molar-refractivity contribution >= 4 is 47.0 Å². The van der Waals surface area contributed by atoms with E-state index in [1.807, 2.05) is 0 Å². The van der Waals surface area contributed by atoms with Crippen LogP contribution in [-0.4, -0.2) is 59.1 Å². The molecule has 0 saturated heterocycles. The summed E-state index contributed by atoms with van der Waals surface area (Å²) in [5.74, 6) is -56.4. The van der Waals surface area contributed by atoms with Crippen LogP contribution in [0.3, 0.4) is 0 Å². The number of hydrogen-bond donors (Lipinski definition) is 0. The minimum absolute atomic E-state index is 0.150. The molecule has 4 aromatic rings. The van der Waals surface area contributed by atoms with Gasteiger partial charge in [0.25, 0.3) is 0 Å². The van der Waals surface area contributed by atoms with Gasteiger partial charge < -0.3 is 0 Å². The van der Waals surface area contributed by atoms with Crippen molar-refractivity contribution in [1.29, 1.82) is 0 Å². The van der Waals surface area contributed by atoms with Crippen molar-refractivity contribution in [1.82, 2.24) is 0 Å². The van der Waals surface area contributed by atoms with E-state index < -0.39 is 70.7 Å². The van der Waals surface area contributed by atoms with Crippen LogP contribution >= 0.6 is 14.0 Å². The van der Waals surface area contributed by atoms with Crippen LogP contribution in [0.2, 0.25) is 5.25 Å². The van der Waals surface area contributed by atoms with Gasteiger partial charge in [0.05, 0.1) is 0 Å². The molecule has 0 aliphatic heterocycles. The van der Waals surface area contributed by atoms with Crippen molar-refractivity contribution in [3.63, 3.8) is 0 Å². The summed E-state index contributed by atoms with van der Waals surface area (Å²) in [7, 11) is 0. The average Bonchev–Trinajstić information content (AvgIpc) is 3.02. The molecule has 0 nitrogen and oxygen atoms in total. The van der Waals surface area contributed by atoms with E-state index in [1.54, 1.807) is 84.9 Å². The molecule has 51 heavy (non-hydrogen) atoms. The Hall–Kier alpha value is -2.77. The van der Waals surface area contributed by atoms with Crippen LogP contribution in [0.15, 0.2) is 84.9 Å². The third-order valence-corrected chi connectivity index (χ3v) is 20.1. The van der Waals surface area contributed by atoms with Gasteiger partial charge in [-0.05, 0) is 0 Å². The van der Waals surface area contributed by atoms with Gasteiger partial charge in [-0.3, -0.25) is 0 Å². The van der Waals surface area contributed by atoms with Gasteiger partial charge in [0.2, 0.25) is 0 Å². The molecular weight excluding hydrogens is 860 g/mol. The van der Waals surface area contributed by atoms with E-state index in [4.69, 9.17) is 0 Å². The Kier molecular flexibility index (Phi) is 10.7. The topological polar surface area (TPSA) is 0 Å². The Morgan fingerprint density at radius 3 is 1.12 bits per heavy atom. The number of rotatable bonds is 13. The first kappa shape index (κ1) is 41.0. The second-order valence-corrected chi connectivity index (χ2v) is 28.1. The van der Waals surface area contributed by atoms with Gasteiger partial charge >= 0.3 is 287 Å². The van der Waals surface area contributed by atoms with E-state index in [1.165, 1.54) is 0 Å². The summed E-state index contributed by atoms with van der Waals surface area (Å²) >= 11 is -1.05. The average molecular weight is 882 g/mol. The van der Waals surface area contributed by atoms with E-state index >= 15 is 8.78 Å². The molecule has 0 saturated carbocycles. The first-order valence-electron chi connectivity index (χ1n) is 14.4. The number of fused-ring (bicyclic) bond motifs is 2. The third-order valence-electron chi connectivity index (χ3n) is 8.34. The van der Waals surface area contributed by atoms with E-state index in [0.29, 0.717) is 21.9 Å². The Morgan fingerprint density at radius 2 is 0.745 bits per heavy atom. The zero-order valence-corrected chi connectivity index (χ0v) is 28.9. The molecule has 0 radical (unpaired) electrons. The molecule has 0 spiro atoms. The molecule has 0 bridgehead atoms. The zero-order valence-electron chi connectivity index (χ0n) is 25.2. The maximum absolute atomic E-state index is 15.0. The van der Waals surface area contributed by atoms with Gasteiger partial charge in [-0.1, -0.05) is 0 Å². The Labute approximate surface area is 287 Å². The van der Waals surface area contributed by atoms with Gasteiger partial charge in [-0.15, -0.1) is 0 Å². The van der Waals surface area contributed by atoms with Crippen molar-refractivity contribution in [3.05, 3.63) is 96.1 Å². The quantitative estimate of drug-likeness (QED) is 0.0927. The van der Waals surface area contributed by atoms with Gasteiger partial charge in [-0.25, -0.2) is 0 Å². The second-order valence-electron chi connectivity index (χ2n) is 12.0. The molecule has 280 valence electrons. The van der Waals surface area contributed by atoms with E-state index in [2.05, 4.69) is 14.0 Å². The van der Waals surface area contributed by atoms with Crippen molar-refractivity contribution in [3.8, 4) is 0 Å². The van der Waals surface area contributed by atoms with Gasteiger partial charge in [-0.2, -0.15) is 0 Å². The summed E-state index contributed by atoms with van der Waals surface area (Å²) in [6.07, 6.45) is -10.2. The van der Waals surface area contributed by atoms with Crippen LogP contribution in [0.1, 0.15) is 17.5 Å². The molecule has 0 unspecified atom stereocenters. The molecule has 0 aromatic heterocycles. The molecule has 0 amide bonds. The summed E-state index contributed by atoms with van der Waals surface area (Å²) in [4.78, 5) is 0. The SMILES string of the molecule is FC(F)(F)C(F)(F)C(F)(F)C(F)(F)C(F)(F)C(F)(F)C(F)(F)C(F)(F)C[CH2][Ge]([Br])([CH2]c1ccc2ccccc2c1)[CH2]c1ccc2ccccc2c1. The number of hydrogen-bond acceptors (Lipinski definition) is 0. The number of halogens is 18. The molecule has 0 fully saturated rings. The van der Waals surface area contributed by atoms with Crippen molar-refractivity contribution < 1.29 is 74.6 Å². The van der Waals surface area contributed by atoms with Crippen molar-refractivity contribution in [2.75, 3.05) is 0 Å². The second kappa shape index (κ2) is 13.3. The molecule has 4 aromatic carbocycles. The fourth-order valence-corrected chi connectivity index (χ4v) is 16.4. The number of alkyl halides is 17. The van der Waals surface area contributed by atoms with Crippen LogP contribution < -0.4 is 0 Å². The van der Waals surface area contributed by atoms with Crippen LogP contribution in [0.4, 0.5) is 74.6 Å².